The lowest BCUT2D eigenvalue weighted by Gasteiger charge is -2.21. The molecule has 2 amide bonds. The lowest BCUT2D eigenvalue weighted by atomic mass is 9.94. The predicted molar refractivity (Wildman–Crippen MR) is 109 cm³/mol. The van der Waals surface area contributed by atoms with E-state index in [1.165, 1.54) is 0 Å². The number of nitrogens with zero attached hydrogens (tertiary/aromatic N) is 1. The molecule has 150 valence electrons. The van der Waals surface area contributed by atoms with Gasteiger partial charge in [-0.2, -0.15) is 5.10 Å². The lowest BCUT2D eigenvalue weighted by molar-refractivity contribution is -0.141. The highest BCUT2D eigenvalue weighted by molar-refractivity contribution is 6.43. The second kappa shape index (κ2) is 9.14. The molecule has 0 aliphatic carbocycles. The normalized spacial score (nSPS) is 15.2. The Bertz CT molecular complexity index is 923. The van der Waals surface area contributed by atoms with Crippen molar-refractivity contribution in [2.45, 2.75) is 32.2 Å². The molecule has 1 aliphatic rings. The highest BCUT2D eigenvalue weighted by atomic mass is 16.4. The van der Waals surface area contributed by atoms with Gasteiger partial charge in [0.25, 0.3) is 5.91 Å². The molecule has 1 aliphatic heterocycles. The Hall–Kier alpha value is -3.48. The van der Waals surface area contributed by atoms with Gasteiger partial charge >= 0.3 is 5.97 Å². The van der Waals surface area contributed by atoms with Crippen LogP contribution in [-0.4, -0.2) is 34.6 Å². The summed E-state index contributed by atoms with van der Waals surface area (Å²) in [5, 5.41) is 15.8. The second-order valence-corrected chi connectivity index (χ2v) is 7.18. The molecule has 0 saturated carbocycles. The van der Waals surface area contributed by atoms with Gasteiger partial charge in [-0.15, -0.1) is 0 Å². The Kier molecular flexibility index (Phi) is 6.39. The van der Waals surface area contributed by atoms with Crippen LogP contribution in [0.3, 0.4) is 0 Å². The molecule has 2 atom stereocenters. The first-order valence-electron chi connectivity index (χ1n) is 9.46. The zero-order valence-electron chi connectivity index (χ0n) is 16.1. The molecule has 0 unspecified atom stereocenters. The van der Waals surface area contributed by atoms with Gasteiger partial charge in [-0.1, -0.05) is 61.5 Å². The first kappa shape index (κ1) is 20.3. The summed E-state index contributed by atoms with van der Waals surface area (Å²) in [6.45, 7) is 1.61. The van der Waals surface area contributed by atoms with Crippen molar-refractivity contribution >= 4 is 23.5 Å². The van der Waals surface area contributed by atoms with E-state index in [-0.39, 0.29) is 24.5 Å². The van der Waals surface area contributed by atoms with Crippen LogP contribution in [0, 0.1) is 5.92 Å². The molecule has 0 radical (unpaired) electrons. The average Bonchev–Trinajstić information content (AvgIpc) is 3.15. The van der Waals surface area contributed by atoms with Crippen LogP contribution in [-0.2, 0) is 20.8 Å². The molecular formula is C22H23N3O4. The van der Waals surface area contributed by atoms with Crippen LogP contribution < -0.4 is 10.7 Å². The van der Waals surface area contributed by atoms with E-state index in [1.807, 2.05) is 54.6 Å². The number of nitrogens with one attached hydrogen (secondary N) is 2. The molecule has 0 fully saturated rings. The van der Waals surface area contributed by atoms with Gasteiger partial charge in [0.05, 0.1) is 12.3 Å². The smallest absolute Gasteiger partial charge is 0.306 e. The zero-order chi connectivity index (χ0) is 20.8. The van der Waals surface area contributed by atoms with Crippen molar-refractivity contribution in [3.63, 3.8) is 0 Å². The van der Waals surface area contributed by atoms with E-state index in [0.29, 0.717) is 6.42 Å². The van der Waals surface area contributed by atoms with Gasteiger partial charge in [-0.3, -0.25) is 14.4 Å². The van der Waals surface area contributed by atoms with E-state index in [4.69, 9.17) is 0 Å². The molecule has 7 heteroatoms. The standard InChI is InChI=1S/C22H23N3O4/c1-14(22(28)29)11-18(23-21(27)19-13-20(26)25-24-19)12-15-7-9-17(10-8-15)16-5-3-2-4-6-16/h2-10,14,18H,11-13H2,1H3,(H,23,27)(H,25,26)(H,28,29)/t14-,18+/m1/s1. The minimum Gasteiger partial charge on any atom is -0.481 e. The third kappa shape index (κ3) is 5.51. The Morgan fingerprint density at radius 1 is 1.10 bits per heavy atom. The van der Waals surface area contributed by atoms with E-state index in [9.17, 15) is 19.5 Å². The van der Waals surface area contributed by atoms with Crippen LogP contribution in [0.1, 0.15) is 25.3 Å². The van der Waals surface area contributed by atoms with Crippen LogP contribution in [0.15, 0.2) is 59.7 Å². The Morgan fingerprint density at radius 3 is 2.34 bits per heavy atom. The fraction of sp³-hybridized carbons (Fsp3) is 0.273. The van der Waals surface area contributed by atoms with E-state index < -0.39 is 23.8 Å². The molecule has 0 spiro atoms. The zero-order valence-corrected chi connectivity index (χ0v) is 16.1. The molecule has 2 aromatic rings. The van der Waals surface area contributed by atoms with Gasteiger partial charge < -0.3 is 10.4 Å². The first-order valence-corrected chi connectivity index (χ1v) is 9.46. The monoisotopic (exact) mass is 393 g/mol. The van der Waals surface area contributed by atoms with Gasteiger partial charge in [-0.05, 0) is 29.5 Å². The van der Waals surface area contributed by atoms with Gasteiger partial charge in [0.1, 0.15) is 5.71 Å². The van der Waals surface area contributed by atoms with E-state index in [0.717, 1.165) is 16.7 Å². The number of rotatable bonds is 8. The average molecular weight is 393 g/mol. The maximum absolute atomic E-state index is 12.4. The molecule has 0 bridgehead atoms. The molecule has 7 nitrogen and oxygen atoms in total. The fourth-order valence-corrected chi connectivity index (χ4v) is 3.23. The fourth-order valence-electron chi connectivity index (χ4n) is 3.23. The number of hydrazone groups is 1. The Morgan fingerprint density at radius 2 is 1.76 bits per heavy atom. The molecule has 29 heavy (non-hydrogen) atoms. The van der Waals surface area contributed by atoms with Gasteiger partial charge in [0.2, 0.25) is 5.91 Å². The molecule has 2 aromatic carbocycles. The van der Waals surface area contributed by atoms with Gasteiger partial charge in [0, 0.05) is 6.04 Å². The van der Waals surface area contributed by atoms with Crippen molar-refractivity contribution in [3.05, 3.63) is 60.2 Å². The maximum Gasteiger partial charge on any atom is 0.306 e. The highest BCUT2D eigenvalue weighted by Crippen LogP contribution is 2.20. The topological polar surface area (TPSA) is 108 Å². The Labute approximate surface area is 168 Å². The molecule has 3 rings (SSSR count). The number of hydrogen-bond acceptors (Lipinski definition) is 4. The summed E-state index contributed by atoms with van der Waals surface area (Å²) in [6.07, 6.45) is 0.683. The molecule has 0 saturated heterocycles. The van der Waals surface area contributed by atoms with Crippen LogP contribution in [0.2, 0.25) is 0 Å². The van der Waals surface area contributed by atoms with Gasteiger partial charge in [-0.25, -0.2) is 5.43 Å². The number of carboxylic acid groups (broad SMARTS) is 1. The van der Waals surface area contributed by atoms with Crippen molar-refractivity contribution in [3.8, 4) is 11.1 Å². The summed E-state index contributed by atoms with van der Waals surface area (Å²) in [5.41, 5.74) is 5.54. The van der Waals surface area contributed by atoms with E-state index in [1.54, 1.807) is 6.92 Å². The van der Waals surface area contributed by atoms with Crippen molar-refractivity contribution in [2.24, 2.45) is 11.0 Å². The third-order valence-corrected chi connectivity index (χ3v) is 4.84. The number of benzene rings is 2. The van der Waals surface area contributed by atoms with Crippen LogP contribution in [0.5, 0.6) is 0 Å². The first-order chi connectivity index (χ1) is 13.9. The molecular weight excluding hydrogens is 370 g/mol. The summed E-state index contributed by atoms with van der Waals surface area (Å²) in [5.74, 6) is -2.32. The quantitative estimate of drug-likeness (QED) is 0.640. The number of carbonyl (C=O) groups is 3. The van der Waals surface area contributed by atoms with E-state index in [2.05, 4.69) is 15.8 Å². The minimum absolute atomic E-state index is 0.0706. The number of aliphatic carboxylic acids is 1. The van der Waals surface area contributed by atoms with Crippen molar-refractivity contribution < 1.29 is 19.5 Å². The predicted octanol–water partition coefficient (Wildman–Crippen LogP) is 2.37. The van der Waals surface area contributed by atoms with Crippen molar-refractivity contribution in [1.82, 2.24) is 10.7 Å². The van der Waals surface area contributed by atoms with Crippen molar-refractivity contribution in [1.29, 1.82) is 0 Å². The van der Waals surface area contributed by atoms with Crippen LogP contribution in [0.4, 0.5) is 0 Å². The molecule has 1 heterocycles. The summed E-state index contributed by atoms with van der Waals surface area (Å²) >= 11 is 0. The summed E-state index contributed by atoms with van der Waals surface area (Å²) in [7, 11) is 0. The molecule has 3 N–H and O–H groups in total. The van der Waals surface area contributed by atoms with E-state index >= 15 is 0 Å². The van der Waals surface area contributed by atoms with Gasteiger partial charge in [0.15, 0.2) is 0 Å². The largest absolute Gasteiger partial charge is 0.481 e. The SMILES string of the molecule is C[C@H](C[C@@H](Cc1ccc(-c2ccccc2)cc1)NC(=O)C1=NNC(=O)C1)C(=O)O. The number of hydrogen-bond donors (Lipinski definition) is 3. The summed E-state index contributed by atoms with van der Waals surface area (Å²) < 4.78 is 0. The van der Waals surface area contributed by atoms with Crippen LogP contribution in [0.25, 0.3) is 11.1 Å². The summed E-state index contributed by atoms with van der Waals surface area (Å²) in [4.78, 5) is 35.0. The number of carbonyl (C=O) groups excluding carboxylic acids is 2. The second-order valence-electron chi connectivity index (χ2n) is 7.18. The number of amides is 2. The minimum atomic E-state index is -0.918. The molecule has 0 aromatic heterocycles. The number of carboxylic acids is 1. The Balaban J connectivity index is 1.71. The van der Waals surface area contributed by atoms with Crippen LogP contribution >= 0.6 is 0 Å². The lowest BCUT2D eigenvalue weighted by Crippen LogP contribution is -2.41. The highest BCUT2D eigenvalue weighted by Gasteiger charge is 2.26. The summed E-state index contributed by atoms with van der Waals surface area (Å²) in [6, 6.07) is 17.6. The third-order valence-electron chi connectivity index (χ3n) is 4.84. The maximum atomic E-state index is 12.4. The van der Waals surface area contributed by atoms with Crippen molar-refractivity contribution in [2.75, 3.05) is 0 Å².